The monoisotopic (exact) mass is 309 g/mol. The number of Topliss-reactive ketones (excluding diaryl/α,β-unsaturated/α-hetero) is 1. The molecule has 18 heavy (non-hydrogen) atoms. The molecule has 1 N–H and O–H groups in total. The molecule has 1 aromatic rings. The summed E-state index contributed by atoms with van der Waals surface area (Å²) in [5, 5.41) is 3.45. The minimum atomic E-state index is -0.260. The van der Waals surface area contributed by atoms with E-state index in [1.807, 2.05) is 24.3 Å². The highest BCUT2D eigenvalue weighted by molar-refractivity contribution is 9.10. The van der Waals surface area contributed by atoms with Crippen molar-refractivity contribution in [2.45, 2.75) is 44.6 Å². The standard InChI is InChI=1S/C15H20BrNO/c1-2-8-15(9-5-10-17-15)14(18)11-12-6-3-4-7-13(12)16/h3-4,6-7,17H,2,5,8-11H2,1H3. The summed E-state index contributed by atoms with van der Waals surface area (Å²) in [6, 6.07) is 7.99. The van der Waals surface area contributed by atoms with Crippen molar-refractivity contribution in [2.24, 2.45) is 0 Å². The number of hydrogen-bond donors (Lipinski definition) is 1. The topological polar surface area (TPSA) is 29.1 Å². The molecule has 1 atom stereocenters. The van der Waals surface area contributed by atoms with Gasteiger partial charge in [-0.3, -0.25) is 4.79 Å². The van der Waals surface area contributed by atoms with E-state index in [-0.39, 0.29) is 5.54 Å². The fraction of sp³-hybridized carbons (Fsp3) is 0.533. The zero-order valence-electron chi connectivity index (χ0n) is 10.8. The first-order valence-corrected chi connectivity index (χ1v) is 7.49. The van der Waals surface area contributed by atoms with E-state index in [0.29, 0.717) is 12.2 Å². The van der Waals surface area contributed by atoms with Crippen LogP contribution in [0.25, 0.3) is 0 Å². The molecule has 3 heteroatoms. The second-order valence-electron chi connectivity index (χ2n) is 5.05. The molecule has 1 aliphatic rings. The van der Waals surface area contributed by atoms with Crippen molar-refractivity contribution in [3.05, 3.63) is 34.3 Å². The lowest BCUT2D eigenvalue weighted by Crippen LogP contribution is -2.48. The Labute approximate surface area is 117 Å². The molecule has 1 fully saturated rings. The number of carbonyl (C=O) groups is 1. The summed E-state index contributed by atoms with van der Waals surface area (Å²) in [6.07, 6.45) is 4.63. The van der Waals surface area contributed by atoms with Crippen molar-refractivity contribution in [3.63, 3.8) is 0 Å². The Kier molecular flexibility index (Phi) is 4.57. The van der Waals surface area contributed by atoms with E-state index in [1.165, 1.54) is 0 Å². The second-order valence-corrected chi connectivity index (χ2v) is 5.91. The lowest BCUT2D eigenvalue weighted by molar-refractivity contribution is -0.124. The van der Waals surface area contributed by atoms with E-state index in [4.69, 9.17) is 0 Å². The Balaban J connectivity index is 2.13. The second kappa shape index (κ2) is 5.98. The first-order valence-electron chi connectivity index (χ1n) is 6.70. The summed E-state index contributed by atoms with van der Waals surface area (Å²) in [4.78, 5) is 12.6. The van der Waals surface area contributed by atoms with Gasteiger partial charge in [0.2, 0.25) is 0 Å². The average molecular weight is 310 g/mol. The first kappa shape index (κ1) is 13.8. The number of carbonyl (C=O) groups excluding carboxylic acids is 1. The lowest BCUT2D eigenvalue weighted by atomic mass is 9.84. The molecule has 1 saturated heterocycles. The van der Waals surface area contributed by atoms with Gasteiger partial charge >= 0.3 is 0 Å². The number of benzene rings is 1. The van der Waals surface area contributed by atoms with E-state index >= 15 is 0 Å². The van der Waals surface area contributed by atoms with Gasteiger partial charge in [0.15, 0.2) is 5.78 Å². The Morgan fingerprint density at radius 2 is 2.22 bits per heavy atom. The van der Waals surface area contributed by atoms with Crippen molar-refractivity contribution in [1.29, 1.82) is 0 Å². The highest BCUT2D eigenvalue weighted by Crippen LogP contribution is 2.28. The Morgan fingerprint density at radius 1 is 1.44 bits per heavy atom. The fourth-order valence-electron chi connectivity index (χ4n) is 2.81. The Bertz CT molecular complexity index is 424. The van der Waals surface area contributed by atoms with Crippen molar-refractivity contribution in [3.8, 4) is 0 Å². The maximum absolute atomic E-state index is 12.6. The third-order valence-corrected chi connectivity index (χ3v) is 4.54. The number of ketones is 1. The SMILES string of the molecule is CCCC1(C(=O)Cc2ccccc2Br)CCCN1. The molecule has 0 aromatic heterocycles. The Hall–Kier alpha value is -0.670. The van der Waals surface area contributed by atoms with Crippen LogP contribution in [0.5, 0.6) is 0 Å². The van der Waals surface area contributed by atoms with Crippen LogP contribution in [0, 0.1) is 0 Å². The van der Waals surface area contributed by atoms with Gasteiger partial charge in [-0.05, 0) is 37.4 Å². The molecule has 0 aliphatic carbocycles. The largest absolute Gasteiger partial charge is 0.305 e. The van der Waals surface area contributed by atoms with Gasteiger partial charge < -0.3 is 5.32 Å². The van der Waals surface area contributed by atoms with Gasteiger partial charge in [0.1, 0.15) is 0 Å². The maximum atomic E-state index is 12.6. The molecule has 1 unspecified atom stereocenters. The van der Waals surface area contributed by atoms with E-state index < -0.39 is 0 Å². The molecule has 0 bridgehead atoms. The number of halogens is 1. The first-order chi connectivity index (χ1) is 8.68. The molecule has 98 valence electrons. The summed E-state index contributed by atoms with van der Waals surface area (Å²) in [5.41, 5.74) is 0.830. The Morgan fingerprint density at radius 3 is 2.83 bits per heavy atom. The van der Waals surface area contributed by atoms with Crippen LogP contribution in [0.1, 0.15) is 38.2 Å². The molecule has 2 nitrogen and oxygen atoms in total. The van der Waals surface area contributed by atoms with Gasteiger partial charge in [0, 0.05) is 10.9 Å². The summed E-state index contributed by atoms with van der Waals surface area (Å²) < 4.78 is 1.03. The smallest absolute Gasteiger partial charge is 0.157 e. The van der Waals surface area contributed by atoms with Crippen molar-refractivity contribution in [1.82, 2.24) is 5.32 Å². The zero-order chi connectivity index (χ0) is 13.0. The van der Waals surface area contributed by atoms with Crippen LogP contribution in [0.2, 0.25) is 0 Å². The molecule has 1 aromatic carbocycles. The van der Waals surface area contributed by atoms with Crippen LogP contribution in [0.4, 0.5) is 0 Å². The van der Waals surface area contributed by atoms with Crippen LogP contribution >= 0.6 is 15.9 Å². The van der Waals surface area contributed by atoms with Gasteiger partial charge in [-0.2, -0.15) is 0 Å². The van der Waals surface area contributed by atoms with E-state index in [1.54, 1.807) is 0 Å². The molecule has 0 saturated carbocycles. The van der Waals surface area contributed by atoms with Gasteiger partial charge in [-0.15, -0.1) is 0 Å². The van der Waals surface area contributed by atoms with Crippen LogP contribution in [-0.2, 0) is 11.2 Å². The normalized spacial score (nSPS) is 23.2. The lowest BCUT2D eigenvalue weighted by Gasteiger charge is -2.27. The molecule has 1 aliphatic heterocycles. The maximum Gasteiger partial charge on any atom is 0.157 e. The molecule has 1 heterocycles. The van der Waals surface area contributed by atoms with Gasteiger partial charge in [0.05, 0.1) is 5.54 Å². The molecule has 0 spiro atoms. The summed E-state index contributed by atoms with van der Waals surface area (Å²) in [7, 11) is 0. The van der Waals surface area contributed by atoms with Crippen molar-refractivity contribution >= 4 is 21.7 Å². The predicted molar refractivity (Wildman–Crippen MR) is 77.7 cm³/mol. The number of rotatable bonds is 5. The van der Waals surface area contributed by atoms with Crippen LogP contribution in [0.3, 0.4) is 0 Å². The van der Waals surface area contributed by atoms with Crippen molar-refractivity contribution < 1.29 is 4.79 Å². The van der Waals surface area contributed by atoms with Gasteiger partial charge in [-0.1, -0.05) is 47.5 Å². The van der Waals surface area contributed by atoms with E-state index in [2.05, 4.69) is 28.2 Å². The van der Waals surface area contributed by atoms with Gasteiger partial charge in [-0.25, -0.2) is 0 Å². The highest BCUT2D eigenvalue weighted by atomic mass is 79.9. The zero-order valence-corrected chi connectivity index (χ0v) is 12.4. The molecule has 0 amide bonds. The summed E-state index contributed by atoms with van der Waals surface area (Å²) in [5.74, 6) is 0.341. The number of hydrogen-bond acceptors (Lipinski definition) is 2. The predicted octanol–water partition coefficient (Wildman–Crippen LogP) is 3.48. The third kappa shape index (κ3) is 2.83. The molecule has 2 rings (SSSR count). The van der Waals surface area contributed by atoms with Gasteiger partial charge in [0.25, 0.3) is 0 Å². The van der Waals surface area contributed by atoms with Crippen LogP contribution in [-0.4, -0.2) is 17.9 Å². The minimum absolute atomic E-state index is 0.260. The quantitative estimate of drug-likeness (QED) is 0.902. The number of nitrogens with one attached hydrogen (secondary N) is 1. The average Bonchev–Trinajstić information content (AvgIpc) is 2.82. The molecular formula is C15H20BrNO. The fourth-order valence-corrected chi connectivity index (χ4v) is 3.23. The minimum Gasteiger partial charge on any atom is -0.305 e. The van der Waals surface area contributed by atoms with E-state index in [0.717, 1.165) is 42.3 Å². The highest BCUT2D eigenvalue weighted by Gasteiger charge is 2.39. The van der Waals surface area contributed by atoms with E-state index in [9.17, 15) is 4.79 Å². The molecular weight excluding hydrogens is 290 g/mol. The van der Waals surface area contributed by atoms with Crippen LogP contribution in [0.15, 0.2) is 28.7 Å². The summed E-state index contributed by atoms with van der Waals surface area (Å²) in [6.45, 7) is 3.12. The molecule has 0 radical (unpaired) electrons. The van der Waals surface area contributed by atoms with Crippen molar-refractivity contribution in [2.75, 3.05) is 6.54 Å². The summed E-state index contributed by atoms with van der Waals surface area (Å²) >= 11 is 3.52. The third-order valence-electron chi connectivity index (χ3n) is 3.76. The van der Waals surface area contributed by atoms with Crippen LogP contribution < -0.4 is 5.32 Å².